The van der Waals surface area contributed by atoms with Crippen LogP contribution in [0.4, 0.5) is 0 Å². The molecule has 2 aliphatic heterocycles. The van der Waals surface area contributed by atoms with Crippen molar-refractivity contribution < 1.29 is 19.2 Å². The summed E-state index contributed by atoms with van der Waals surface area (Å²) >= 11 is 0. The van der Waals surface area contributed by atoms with Crippen LogP contribution in [0.15, 0.2) is 4.52 Å². The van der Waals surface area contributed by atoms with E-state index in [2.05, 4.69) is 15.0 Å². The minimum Gasteiger partial charge on any atom is -0.481 e. The number of carboxylic acids is 1. The number of piperidine rings is 1. The van der Waals surface area contributed by atoms with Gasteiger partial charge >= 0.3 is 5.97 Å². The van der Waals surface area contributed by atoms with Crippen LogP contribution in [0.2, 0.25) is 0 Å². The summed E-state index contributed by atoms with van der Waals surface area (Å²) < 4.78 is 10.8. The second kappa shape index (κ2) is 8.29. The number of rotatable bonds is 6. The number of morpholine rings is 1. The monoisotopic (exact) mass is 351 g/mol. The number of carboxylic acid groups (broad SMARTS) is 1. The number of aryl methyl sites for hydroxylation is 2. The third kappa shape index (κ3) is 4.59. The fraction of sp³-hybridized carbons (Fsp3) is 0.778. The first-order valence-corrected chi connectivity index (χ1v) is 9.22. The van der Waals surface area contributed by atoms with Gasteiger partial charge in [-0.05, 0) is 39.2 Å². The molecule has 0 aliphatic carbocycles. The Morgan fingerprint density at radius 2 is 2.04 bits per heavy atom. The Balaban J connectivity index is 1.66. The highest BCUT2D eigenvalue weighted by molar-refractivity contribution is 5.66. The molecule has 2 fully saturated rings. The summed E-state index contributed by atoms with van der Waals surface area (Å²) in [7, 11) is 0. The molecule has 1 aromatic rings. The molecule has 0 saturated carbocycles. The lowest BCUT2D eigenvalue weighted by molar-refractivity contribution is -0.137. The molecule has 0 amide bonds. The average molecular weight is 351 g/mol. The Kier molecular flexibility index (Phi) is 6.09. The van der Waals surface area contributed by atoms with Gasteiger partial charge in [0.1, 0.15) is 5.76 Å². The van der Waals surface area contributed by atoms with E-state index in [1.165, 1.54) is 5.56 Å². The Morgan fingerprint density at radius 1 is 1.28 bits per heavy atom. The molecule has 0 bridgehead atoms. The van der Waals surface area contributed by atoms with Crippen LogP contribution in [0, 0.1) is 19.8 Å². The van der Waals surface area contributed by atoms with E-state index in [-0.39, 0.29) is 6.42 Å². The molecule has 0 unspecified atom stereocenters. The van der Waals surface area contributed by atoms with Crippen molar-refractivity contribution >= 4 is 5.97 Å². The minimum atomic E-state index is -0.705. The quantitative estimate of drug-likeness (QED) is 0.835. The Bertz CT molecular complexity index is 563. The van der Waals surface area contributed by atoms with Crippen molar-refractivity contribution in [3.63, 3.8) is 0 Å². The molecular weight excluding hydrogens is 322 g/mol. The van der Waals surface area contributed by atoms with Crippen LogP contribution in [0.5, 0.6) is 0 Å². The highest BCUT2D eigenvalue weighted by Gasteiger charge is 2.34. The predicted molar refractivity (Wildman–Crippen MR) is 92.4 cm³/mol. The van der Waals surface area contributed by atoms with E-state index in [0.717, 1.165) is 70.2 Å². The van der Waals surface area contributed by atoms with Gasteiger partial charge in [-0.25, -0.2) is 0 Å². The summed E-state index contributed by atoms with van der Waals surface area (Å²) in [6, 6.07) is 0.462. The number of likely N-dealkylation sites (tertiary alicyclic amines) is 1. The van der Waals surface area contributed by atoms with E-state index in [0.29, 0.717) is 12.0 Å². The van der Waals surface area contributed by atoms with E-state index < -0.39 is 5.97 Å². The second-order valence-electron chi connectivity index (χ2n) is 7.23. The molecule has 2 aliphatic rings. The standard InChI is InChI=1S/C18H29N3O4/c1-13-16(14(2)25-19-13)12-20-6-5-17(21-7-9-24-10-8-21)15(11-20)3-4-18(22)23/h15,17H,3-12H2,1-2H3,(H,22,23)/t15-,17+/m1/s1. The van der Waals surface area contributed by atoms with Crippen molar-refractivity contribution in [1.29, 1.82) is 0 Å². The lowest BCUT2D eigenvalue weighted by Crippen LogP contribution is -2.53. The van der Waals surface area contributed by atoms with E-state index in [1.807, 2.05) is 13.8 Å². The third-order valence-electron chi connectivity index (χ3n) is 5.58. The van der Waals surface area contributed by atoms with Gasteiger partial charge < -0.3 is 14.4 Å². The first-order chi connectivity index (χ1) is 12.0. The largest absolute Gasteiger partial charge is 0.481 e. The van der Waals surface area contributed by atoms with Gasteiger partial charge in [-0.2, -0.15) is 0 Å². The zero-order chi connectivity index (χ0) is 17.8. The maximum Gasteiger partial charge on any atom is 0.303 e. The molecule has 2 atom stereocenters. The maximum absolute atomic E-state index is 11.1. The molecule has 0 radical (unpaired) electrons. The van der Waals surface area contributed by atoms with Gasteiger partial charge in [0.25, 0.3) is 0 Å². The maximum atomic E-state index is 11.1. The predicted octanol–water partition coefficient (Wildman–Crippen LogP) is 1.68. The van der Waals surface area contributed by atoms with Crippen molar-refractivity contribution in [3.05, 3.63) is 17.0 Å². The highest BCUT2D eigenvalue weighted by atomic mass is 16.5. The molecule has 3 heterocycles. The number of aliphatic carboxylic acids is 1. The van der Waals surface area contributed by atoms with Crippen LogP contribution in [-0.4, -0.2) is 71.5 Å². The lowest BCUT2D eigenvalue weighted by atomic mass is 9.86. The molecule has 2 saturated heterocycles. The average Bonchev–Trinajstić information content (AvgIpc) is 2.93. The molecule has 1 aromatic heterocycles. The van der Waals surface area contributed by atoms with Crippen molar-refractivity contribution in [2.45, 2.75) is 45.7 Å². The molecule has 1 N–H and O–H groups in total. The van der Waals surface area contributed by atoms with Crippen molar-refractivity contribution in [3.8, 4) is 0 Å². The van der Waals surface area contributed by atoms with Crippen LogP contribution in [0.3, 0.4) is 0 Å². The molecule has 140 valence electrons. The molecule has 3 rings (SSSR count). The molecule has 7 nitrogen and oxygen atoms in total. The van der Waals surface area contributed by atoms with E-state index in [9.17, 15) is 4.79 Å². The Morgan fingerprint density at radius 3 is 2.68 bits per heavy atom. The van der Waals surface area contributed by atoms with Gasteiger partial charge in [0.2, 0.25) is 0 Å². The van der Waals surface area contributed by atoms with E-state index >= 15 is 0 Å². The Hall–Kier alpha value is -1.44. The molecule has 0 aromatic carbocycles. The zero-order valence-corrected chi connectivity index (χ0v) is 15.2. The van der Waals surface area contributed by atoms with Gasteiger partial charge in [-0.15, -0.1) is 0 Å². The summed E-state index contributed by atoms with van der Waals surface area (Å²) in [5.41, 5.74) is 2.12. The SMILES string of the molecule is Cc1noc(C)c1CN1CC[C@H](N2CCOCC2)[C@H](CCC(=O)O)C1. The normalized spacial score (nSPS) is 26.0. The van der Waals surface area contributed by atoms with Crippen LogP contribution >= 0.6 is 0 Å². The highest BCUT2D eigenvalue weighted by Crippen LogP contribution is 2.28. The number of hydrogen-bond donors (Lipinski definition) is 1. The minimum absolute atomic E-state index is 0.241. The van der Waals surface area contributed by atoms with Gasteiger partial charge in [0.15, 0.2) is 0 Å². The van der Waals surface area contributed by atoms with Gasteiger partial charge in [0, 0.05) is 44.2 Å². The van der Waals surface area contributed by atoms with E-state index in [1.54, 1.807) is 0 Å². The summed E-state index contributed by atoms with van der Waals surface area (Å²) in [6.07, 6.45) is 2.05. The number of aromatic nitrogens is 1. The van der Waals surface area contributed by atoms with Crippen molar-refractivity contribution in [1.82, 2.24) is 15.0 Å². The third-order valence-corrected chi connectivity index (χ3v) is 5.58. The number of ether oxygens (including phenoxy) is 1. The first kappa shape index (κ1) is 18.4. The topological polar surface area (TPSA) is 79.0 Å². The second-order valence-corrected chi connectivity index (χ2v) is 7.23. The summed E-state index contributed by atoms with van der Waals surface area (Å²) in [5, 5.41) is 13.2. The lowest BCUT2D eigenvalue weighted by Gasteiger charge is -2.45. The summed E-state index contributed by atoms with van der Waals surface area (Å²) in [5.74, 6) is 0.557. The number of carbonyl (C=O) groups is 1. The fourth-order valence-corrected chi connectivity index (χ4v) is 4.17. The molecule has 7 heteroatoms. The van der Waals surface area contributed by atoms with Crippen molar-refractivity contribution in [2.24, 2.45) is 5.92 Å². The summed E-state index contributed by atoms with van der Waals surface area (Å²) in [6.45, 7) is 10.2. The number of nitrogens with zero attached hydrogens (tertiary/aromatic N) is 3. The van der Waals surface area contributed by atoms with Crippen LogP contribution in [0.1, 0.15) is 36.3 Å². The van der Waals surface area contributed by atoms with E-state index in [4.69, 9.17) is 14.4 Å². The summed E-state index contributed by atoms with van der Waals surface area (Å²) in [4.78, 5) is 16.0. The van der Waals surface area contributed by atoms with Gasteiger partial charge in [-0.3, -0.25) is 14.6 Å². The van der Waals surface area contributed by atoms with Crippen LogP contribution in [-0.2, 0) is 16.1 Å². The van der Waals surface area contributed by atoms with Crippen molar-refractivity contribution in [2.75, 3.05) is 39.4 Å². The van der Waals surface area contributed by atoms with Crippen LogP contribution < -0.4 is 0 Å². The molecular formula is C18H29N3O4. The van der Waals surface area contributed by atoms with Gasteiger partial charge in [0.05, 0.1) is 18.9 Å². The van der Waals surface area contributed by atoms with Gasteiger partial charge in [-0.1, -0.05) is 5.16 Å². The molecule has 25 heavy (non-hydrogen) atoms. The fourth-order valence-electron chi connectivity index (χ4n) is 4.17. The molecule has 0 spiro atoms. The zero-order valence-electron chi connectivity index (χ0n) is 15.2. The Labute approximate surface area is 148 Å². The number of hydrogen-bond acceptors (Lipinski definition) is 6. The smallest absolute Gasteiger partial charge is 0.303 e. The first-order valence-electron chi connectivity index (χ1n) is 9.22. The van der Waals surface area contributed by atoms with Crippen LogP contribution in [0.25, 0.3) is 0 Å².